The van der Waals surface area contributed by atoms with Gasteiger partial charge in [-0.25, -0.2) is 4.79 Å². The molecule has 0 unspecified atom stereocenters. The fourth-order valence-corrected chi connectivity index (χ4v) is 8.67. The van der Waals surface area contributed by atoms with Gasteiger partial charge in [0.15, 0.2) is 11.5 Å². The molecule has 0 fully saturated rings. The van der Waals surface area contributed by atoms with E-state index in [1.54, 1.807) is 33.5 Å². The molecule has 0 heterocycles. The van der Waals surface area contributed by atoms with E-state index in [9.17, 15) is 15.0 Å². The summed E-state index contributed by atoms with van der Waals surface area (Å²) in [4.78, 5) is 13.2. The Morgan fingerprint density at radius 1 is 0.762 bits per heavy atom. The predicted octanol–water partition coefficient (Wildman–Crippen LogP) is 6.80. The normalized spacial score (nSPS) is 11.8. The highest BCUT2D eigenvalue weighted by Gasteiger charge is 2.63. The lowest BCUT2D eigenvalue weighted by atomic mass is 9.80. The van der Waals surface area contributed by atoms with Crippen LogP contribution in [0.4, 0.5) is 0 Å². The third kappa shape index (κ3) is 5.84. The van der Waals surface area contributed by atoms with Gasteiger partial charge in [0, 0.05) is 21.3 Å². The van der Waals surface area contributed by atoms with Gasteiger partial charge in [-0.05, 0) is 71.5 Å². The minimum atomic E-state index is -3.70. The van der Waals surface area contributed by atoms with Crippen molar-refractivity contribution in [3.8, 4) is 17.2 Å². The second-order valence-electron chi connectivity index (χ2n) is 10.0. The molecule has 4 aromatic carbocycles. The number of hydrogen-bond acceptors (Lipinski definition) is 7. The van der Waals surface area contributed by atoms with Crippen LogP contribution in [0.15, 0.2) is 97.1 Å². The third-order valence-electron chi connectivity index (χ3n) is 7.62. The third-order valence-corrected chi connectivity index (χ3v) is 11.0. The number of carbonyl (C=O) groups is 1. The SMILES string of the molecule is CCCCCc1cc(O)c(OC(=O)c2ccc(O)cc2)cc1C(c1ccccc1)(c1ccccc1)[Si](OC)(OC)OC. The van der Waals surface area contributed by atoms with E-state index in [0.717, 1.165) is 41.5 Å². The summed E-state index contributed by atoms with van der Waals surface area (Å²) in [6, 6.07) is 28.9. The van der Waals surface area contributed by atoms with Gasteiger partial charge in [0.05, 0.1) is 5.56 Å². The quantitative estimate of drug-likeness (QED) is 0.0585. The van der Waals surface area contributed by atoms with Crippen molar-refractivity contribution in [2.45, 2.75) is 37.6 Å². The maximum absolute atomic E-state index is 13.2. The molecule has 0 aromatic heterocycles. The van der Waals surface area contributed by atoms with Crippen LogP contribution in [0.3, 0.4) is 0 Å². The standard InChI is InChI=1S/C34H38O7Si/c1-5-6-9-14-26-23-31(36)32(41-33(37)25-19-21-29(35)22-20-25)24-30(26)34(27-15-10-7-11-16-27,28-17-12-8-13-18-28)42(38-2,39-3)40-4/h7-8,10-13,15-24,35-36H,5-6,9,14H2,1-4H3. The van der Waals surface area contributed by atoms with E-state index in [2.05, 4.69) is 6.92 Å². The fraction of sp³-hybridized carbons (Fsp3) is 0.265. The second-order valence-corrected chi connectivity index (χ2v) is 13.1. The van der Waals surface area contributed by atoms with Crippen LogP contribution in [-0.2, 0) is 24.7 Å². The van der Waals surface area contributed by atoms with Crippen LogP contribution >= 0.6 is 0 Å². The van der Waals surface area contributed by atoms with E-state index in [1.165, 1.54) is 24.3 Å². The number of phenolic OH excluding ortho intramolecular Hbond substituents is 2. The van der Waals surface area contributed by atoms with E-state index in [0.29, 0.717) is 6.42 Å². The average Bonchev–Trinajstić information content (AvgIpc) is 3.03. The Morgan fingerprint density at radius 2 is 1.31 bits per heavy atom. The number of hydrogen-bond donors (Lipinski definition) is 2. The van der Waals surface area contributed by atoms with E-state index in [1.807, 2.05) is 60.7 Å². The molecule has 0 aliphatic heterocycles. The van der Waals surface area contributed by atoms with Crippen LogP contribution in [0.2, 0.25) is 0 Å². The molecule has 0 aliphatic rings. The van der Waals surface area contributed by atoms with E-state index < -0.39 is 19.8 Å². The Labute approximate surface area is 248 Å². The van der Waals surface area contributed by atoms with Gasteiger partial charge in [-0.15, -0.1) is 0 Å². The first kappa shape index (κ1) is 31.0. The van der Waals surface area contributed by atoms with Gasteiger partial charge in [-0.3, -0.25) is 0 Å². The summed E-state index contributed by atoms with van der Waals surface area (Å²) in [5.74, 6) is -0.811. The second kappa shape index (κ2) is 13.8. The summed E-state index contributed by atoms with van der Waals surface area (Å²) < 4.78 is 24.6. The molecule has 42 heavy (non-hydrogen) atoms. The van der Waals surface area contributed by atoms with Crippen molar-refractivity contribution >= 4 is 14.8 Å². The number of benzene rings is 4. The molecule has 0 radical (unpaired) electrons. The molecule has 7 nitrogen and oxygen atoms in total. The van der Waals surface area contributed by atoms with E-state index >= 15 is 0 Å². The predicted molar refractivity (Wildman–Crippen MR) is 164 cm³/mol. The largest absolute Gasteiger partial charge is 0.520 e. The van der Waals surface area contributed by atoms with Crippen molar-refractivity contribution in [1.82, 2.24) is 0 Å². The van der Waals surface area contributed by atoms with Gasteiger partial charge in [-0.1, -0.05) is 80.4 Å². The Morgan fingerprint density at radius 3 is 1.81 bits per heavy atom. The van der Waals surface area contributed by atoms with Crippen LogP contribution in [-0.4, -0.2) is 46.3 Å². The van der Waals surface area contributed by atoms with Gasteiger partial charge in [0.25, 0.3) is 0 Å². The average molecular weight is 587 g/mol. The molecule has 0 spiro atoms. The number of esters is 1. The molecule has 2 N–H and O–H groups in total. The van der Waals surface area contributed by atoms with Gasteiger partial charge in [-0.2, -0.15) is 0 Å². The lowest BCUT2D eigenvalue weighted by Crippen LogP contribution is -2.63. The molecule has 0 aliphatic carbocycles. The molecular formula is C34H38O7Si. The number of aromatic hydroxyl groups is 2. The summed E-state index contributed by atoms with van der Waals surface area (Å²) in [6.07, 6.45) is 3.57. The van der Waals surface area contributed by atoms with Crippen molar-refractivity contribution in [2.24, 2.45) is 0 Å². The first-order valence-corrected chi connectivity index (χ1v) is 15.7. The maximum Gasteiger partial charge on any atom is 0.520 e. The van der Waals surface area contributed by atoms with E-state index in [-0.39, 0.29) is 22.8 Å². The fourth-order valence-electron chi connectivity index (χ4n) is 5.65. The van der Waals surface area contributed by atoms with Crippen LogP contribution < -0.4 is 4.74 Å². The summed E-state index contributed by atoms with van der Waals surface area (Å²) in [5, 5.41) is 19.7. The van der Waals surface area contributed by atoms with Crippen molar-refractivity contribution in [3.05, 3.63) is 125 Å². The number of carbonyl (C=O) groups excluding carboxylic acids is 1. The van der Waals surface area contributed by atoms with Crippen molar-refractivity contribution < 1.29 is 33.0 Å². The molecule has 0 saturated carbocycles. The summed E-state index contributed by atoms with van der Waals surface area (Å²) >= 11 is 0. The lowest BCUT2D eigenvalue weighted by molar-refractivity contribution is 0.0729. The first-order chi connectivity index (χ1) is 20.4. The molecule has 220 valence electrons. The molecule has 0 amide bonds. The van der Waals surface area contributed by atoms with Crippen LogP contribution in [0.25, 0.3) is 0 Å². The maximum atomic E-state index is 13.2. The number of aryl methyl sites for hydroxylation is 1. The highest BCUT2D eigenvalue weighted by atomic mass is 28.4. The molecule has 0 atom stereocenters. The highest BCUT2D eigenvalue weighted by Crippen LogP contribution is 2.50. The Balaban J connectivity index is 2.07. The Bertz CT molecular complexity index is 1410. The van der Waals surface area contributed by atoms with Crippen LogP contribution in [0.1, 0.15) is 58.8 Å². The first-order valence-electron chi connectivity index (χ1n) is 14.0. The molecule has 0 saturated heterocycles. The number of ether oxygens (including phenoxy) is 1. The number of rotatable bonds is 13. The summed E-state index contributed by atoms with van der Waals surface area (Å²) in [6.45, 7) is 2.14. The molecule has 4 aromatic rings. The minimum absolute atomic E-state index is 0.00948. The topological polar surface area (TPSA) is 94.5 Å². The van der Waals surface area contributed by atoms with Crippen LogP contribution in [0, 0.1) is 0 Å². The van der Waals surface area contributed by atoms with E-state index in [4.69, 9.17) is 18.0 Å². The van der Waals surface area contributed by atoms with Gasteiger partial charge in [0.2, 0.25) is 0 Å². The molecule has 0 bridgehead atoms. The number of phenols is 2. The summed E-state index contributed by atoms with van der Waals surface area (Å²) in [5.41, 5.74) is 3.58. The zero-order chi connectivity index (χ0) is 30.2. The highest BCUT2D eigenvalue weighted by molar-refractivity contribution is 6.66. The Kier molecular flexibility index (Phi) is 10.2. The monoisotopic (exact) mass is 586 g/mol. The molecule has 4 rings (SSSR count). The molecular weight excluding hydrogens is 548 g/mol. The van der Waals surface area contributed by atoms with Gasteiger partial charge >= 0.3 is 14.8 Å². The van der Waals surface area contributed by atoms with Crippen molar-refractivity contribution in [1.29, 1.82) is 0 Å². The number of unbranched alkanes of at least 4 members (excludes halogenated alkanes) is 2. The van der Waals surface area contributed by atoms with Gasteiger partial charge < -0.3 is 28.2 Å². The summed E-state index contributed by atoms with van der Waals surface area (Å²) in [7, 11) is 1.06. The van der Waals surface area contributed by atoms with Gasteiger partial charge in [0.1, 0.15) is 10.8 Å². The smallest absolute Gasteiger partial charge is 0.508 e. The zero-order valence-corrected chi connectivity index (χ0v) is 25.5. The zero-order valence-electron chi connectivity index (χ0n) is 24.5. The van der Waals surface area contributed by atoms with Crippen molar-refractivity contribution in [2.75, 3.05) is 21.3 Å². The van der Waals surface area contributed by atoms with Crippen LogP contribution in [0.5, 0.6) is 17.2 Å². The minimum Gasteiger partial charge on any atom is -0.508 e. The lowest BCUT2D eigenvalue weighted by Gasteiger charge is -2.46. The Hall–Kier alpha value is -3.95. The molecule has 8 heteroatoms. The van der Waals surface area contributed by atoms with Crippen molar-refractivity contribution in [3.63, 3.8) is 0 Å².